The van der Waals surface area contributed by atoms with Crippen molar-refractivity contribution in [3.8, 4) is 11.4 Å². The Morgan fingerprint density at radius 3 is 2.30 bits per heavy atom. The van der Waals surface area contributed by atoms with Crippen molar-refractivity contribution in [2.24, 2.45) is 0 Å². The van der Waals surface area contributed by atoms with E-state index < -0.39 is 0 Å². The first-order valence-corrected chi connectivity index (χ1v) is 11.2. The first kappa shape index (κ1) is 21.0. The summed E-state index contributed by atoms with van der Waals surface area (Å²) in [5, 5.41) is 13.9. The number of nitrogens with one attached hydrogen (secondary N) is 1. The molecule has 1 saturated heterocycles. The Balaban J connectivity index is 1.63. The van der Waals surface area contributed by atoms with Crippen LogP contribution in [0.4, 0.5) is 11.4 Å². The lowest BCUT2D eigenvalue weighted by molar-refractivity contribution is 0.475. The van der Waals surface area contributed by atoms with Crippen LogP contribution >= 0.6 is 12.2 Å². The summed E-state index contributed by atoms with van der Waals surface area (Å²) in [6.45, 7) is 0. The van der Waals surface area contributed by atoms with Crippen molar-refractivity contribution in [2.45, 2.75) is 12.1 Å². The smallest absolute Gasteiger partial charge is 0.174 e. The maximum absolute atomic E-state index is 9.76. The minimum atomic E-state index is -0.127. The lowest BCUT2D eigenvalue weighted by Gasteiger charge is -2.29. The van der Waals surface area contributed by atoms with Gasteiger partial charge in [0.2, 0.25) is 0 Å². The van der Waals surface area contributed by atoms with E-state index in [9.17, 15) is 5.11 Å². The minimum absolute atomic E-state index is 0.124. The van der Waals surface area contributed by atoms with Crippen molar-refractivity contribution in [1.82, 2.24) is 14.9 Å². The Hall–Kier alpha value is -3.84. The number of nitrogens with zero attached hydrogens (tertiary/aromatic N) is 4. The van der Waals surface area contributed by atoms with Crippen LogP contribution in [0.3, 0.4) is 0 Å². The number of aromatic hydroxyl groups is 1. The molecule has 1 fully saturated rings. The molecule has 2 N–H and O–H groups in total. The van der Waals surface area contributed by atoms with Crippen molar-refractivity contribution in [3.05, 3.63) is 103 Å². The predicted molar refractivity (Wildman–Crippen MR) is 136 cm³/mol. The molecule has 0 spiro atoms. The van der Waals surface area contributed by atoms with E-state index in [1.54, 1.807) is 12.1 Å². The van der Waals surface area contributed by atoms with Gasteiger partial charge >= 0.3 is 0 Å². The van der Waals surface area contributed by atoms with E-state index in [4.69, 9.17) is 12.2 Å². The van der Waals surface area contributed by atoms with Gasteiger partial charge in [-0.3, -0.25) is 4.98 Å². The average Bonchev–Trinajstić information content (AvgIpc) is 3.44. The Bertz CT molecular complexity index is 1250. The van der Waals surface area contributed by atoms with Crippen molar-refractivity contribution in [2.75, 3.05) is 23.9 Å². The van der Waals surface area contributed by atoms with E-state index in [2.05, 4.69) is 55.0 Å². The fraction of sp³-hybridized carbons (Fsp3) is 0.154. The molecule has 33 heavy (non-hydrogen) atoms. The molecule has 1 aliphatic heterocycles. The molecule has 0 aliphatic carbocycles. The topological polar surface area (TPSA) is 56.6 Å². The number of phenolic OH excluding ortho intramolecular Hbond substituents is 1. The molecule has 7 heteroatoms. The Morgan fingerprint density at radius 1 is 0.909 bits per heavy atom. The molecule has 3 heterocycles. The van der Waals surface area contributed by atoms with E-state index in [0.29, 0.717) is 5.11 Å². The van der Waals surface area contributed by atoms with Gasteiger partial charge in [0.1, 0.15) is 11.8 Å². The molecule has 0 unspecified atom stereocenters. The summed E-state index contributed by atoms with van der Waals surface area (Å²) in [4.78, 5) is 8.88. The summed E-state index contributed by atoms with van der Waals surface area (Å²) in [5.41, 5.74) is 5.10. The fourth-order valence-electron chi connectivity index (χ4n) is 4.33. The van der Waals surface area contributed by atoms with Crippen LogP contribution in [-0.2, 0) is 0 Å². The van der Waals surface area contributed by atoms with Gasteiger partial charge in [-0.1, -0.05) is 6.07 Å². The molecule has 0 radical (unpaired) electrons. The summed E-state index contributed by atoms with van der Waals surface area (Å²) < 4.78 is 2.14. The van der Waals surface area contributed by atoms with Gasteiger partial charge in [0.25, 0.3) is 0 Å². The van der Waals surface area contributed by atoms with E-state index in [0.717, 1.165) is 28.5 Å². The van der Waals surface area contributed by atoms with Crippen LogP contribution in [-0.4, -0.2) is 33.9 Å². The largest absolute Gasteiger partial charge is 0.508 e. The SMILES string of the molecule is CN(C)c1ccc(N2C(=S)N[C@@H](c3ccccn3)[C@H]2c2cccn2-c2ccc(O)cc2)cc1. The van der Waals surface area contributed by atoms with Crippen LogP contribution in [0.2, 0.25) is 0 Å². The number of benzene rings is 2. The molecule has 0 amide bonds. The zero-order valence-corrected chi connectivity index (χ0v) is 19.3. The molecule has 166 valence electrons. The van der Waals surface area contributed by atoms with Crippen molar-refractivity contribution in [1.29, 1.82) is 0 Å². The summed E-state index contributed by atoms with van der Waals surface area (Å²) in [7, 11) is 4.06. The highest BCUT2D eigenvalue weighted by Gasteiger charge is 2.42. The van der Waals surface area contributed by atoms with Crippen LogP contribution in [0.1, 0.15) is 23.5 Å². The van der Waals surface area contributed by atoms with E-state index in [1.165, 1.54) is 0 Å². The maximum atomic E-state index is 9.76. The number of rotatable bonds is 5. The molecule has 1 aliphatic rings. The van der Waals surface area contributed by atoms with Crippen LogP contribution in [0.15, 0.2) is 91.3 Å². The Labute approximate surface area is 198 Å². The van der Waals surface area contributed by atoms with Gasteiger partial charge in [0.05, 0.1) is 11.7 Å². The van der Waals surface area contributed by atoms with E-state index in [-0.39, 0.29) is 17.8 Å². The van der Waals surface area contributed by atoms with Gasteiger partial charge in [-0.25, -0.2) is 0 Å². The number of thiocarbonyl (C=S) groups is 1. The number of phenols is 1. The molecular weight excluding hydrogens is 430 g/mol. The molecule has 2 aromatic heterocycles. The summed E-state index contributed by atoms with van der Waals surface area (Å²) in [6, 6.07) is 25.5. The molecule has 2 atom stereocenters. The summed E-state index contributed by atoms with van der Waals surface area (Å²) in [6.07, 6.45) is 3.84. The third-order valence-corrected chi connectivity index (χ3v) is 6.27. The second-order valence-corrected chi connectivity index (χ2v) is 8.61. The van der Waals surface area contributed by atoms with Gasteiger partial charge in [-0.05, 0) is 85.0 Å². The highest BCUT2D eigenvalue weighted by Crippen LogP contribution is 2.42. The highest BCUT2D eigenvalue weighted by molar-refractivity contribution is 7.80. The lowest BCUT2D eigenvalue weighted by atomic mass is 10.0. The zero-order valence-electron chi connectivity index (χ0n) is 18.5. The average molecular weight is 456 g/mol. The number of pyridine rings is 1. The van der Waals surface area contributed by atoms with Crippen molar-refractivity contribution < 1.29 is 5.11 Å². The molecule has 5 rings (SSSR count). The molecular formula is C26H25N5OS. The normalized spacial score (nSPS) is 17.8. The van der Waals surface area contributed by atoms with E-state index in [1.807, 2.05) is 62.9 Å². The van der Waals surface area contributed by atoms with E-state index >= 15 is 0 Å². The first-order valence-electron chi connectivity index (χ1n) is 10.8. The molecule has 0 saturated carbocycles. The van der Waals surface area contributed by atoms with Gasteiger partial charge < -0.3 is 24.8 Å². The van der Waals surface area contributed by atoms with Crippen molar-refractivity contribution in [3.63, 3.8) is 0 Å². The molecule has 2 aromatic carbocycles. The Morgan fingerprint density at radius 2 is 1.64 bits per heavy atom. The van der Waals surface area contributed by atoms with Crippen LogP contribution in [0.25, 0.3) is 5.69 Å². The van der Waals surface area contributed by atoms with Gasteiger partial charge in [-0.2, -0.15) is 0 Å². The third kappa shape index (κ3) is 3.91. The predicted octanol–water partition coefficient (Wildman–Crippen LogP) is 4.82. The quantitative estimate of drug-likeness (QED) is 0.421. The second kappa shape index (κ2) is 8.60. The number of anilines is 2. The fourth-order valence-corrected chi connectivity index (χ4v) is 4.67. The van der Waals surface area contributed by atoms with Crippen LogP contribution < -0.4 is 15.1 Å². The van der Waals surface area contributed by atoms with Crippen LogP contribution in [0, 0.1) is 0 Å². The summed E-state index contributed by atoms with van der Waals surface area (Å²) in [5.74, 6) is 0.241. The number of hydrogen-bond acceptors (Lipinski definition) is 4. The second-order valence-electron chi connectivity index (χ2n) is 8.23. The first-order chi connectivity index (χ1) is 16.0. The number of hydrogen-bond donors (Lipinski definition) is 2. The summed E-state index contributed by atoms with van der Waals surface area (Å²) >= 11 is 5.85. The van der Waals surface area contributed by atoms with Gasteiger partial charge in [0.15, 0.2) is 5.11 Å². The Kier molecular flexibility index (Phi) is 5.48. The van der Waals surface area contributed by atoms with Gasteiger partial charge in [0, 0.05) is 49.2 Å². The molecule has 6 nitrogen and oxygen atoms in total. The maximum Gasteiger partial charge on any atom is 0.174 e. The lowest BCUT2D eigenvalue weighted by Crippen LogP contribution is -2.30. The molecule has 4 aromatic rings. The standard InChI is InChI=1S/C26H25N5OS/c1-29(2)18-8-10-20(11-9-18)31-25(24(28-26(31)33)22-6-3-4-16-27-22)23-7-5-17-30(23)19-12-14-21(32)15-13-19/h3-17,24-25,32H,1-2H3,(H,28,33)/t24-,25+/m0/s1. The zero-order chi connectivity index (χ0) is 22.9. The molecule has 0 bridgehead atoms. The number of aromatic nitrogens is 2. The van der Waals surface area contributed by atoms with Crippen molar-refractivity contribution >= 4 is 28.7 Å². The highest BCUT2D eigenvalue weighted by atomic mass is 32.1. The van der Waals surface area contributed by atoms with Crippen LogP contribution in [0.5, 0.6) is 5.75 Å². The monoisotopic (exact) mass is 455 g/mol. The third-order valence-electron chi connectivity index (χ3n) is 5.95. The van der Waals surface area contributed by atoms with Gasteiger partial charge in [-0.15, -0.1) is 0 Å². The minimum Gasteiger partial charge on any atom is -0.508 e.